The van der Waals surface area contributed by atoms with Gasteiger partial charge in [-0.1, -0.05) is 6.92 Å². The van der Waals surface area contributed by atoms with Gasteiger partial charge in [0.25, 0.3) is 0 Å². The van der Waals surface area contributed by atoms with Crippen molar-refractivity contribution in [2.75, 3.05) is 0 Å². The molecule has 0 heterocycles. The standard InChI is InChI=1S/C4H8NO/c1-3(2)4(5)6/h3H,1H2,2H3,(H2,5,6)/t3-/m1/s1. The fraction of sp³-hybridized carbons (Fsp3) is 0.500. The molecule has 0 unspecified atom stereocenters. The first kappa shape index (κ1) is 5.47. The number of carbonyl (C=O) groups is 1. The molecule has 0 spiro atoms. The zero-order valence-electron chi connectivity index (χ0n) is 3.77. The zero-order valence-corrected chi connectivity index (χ0v) is 3.77. The Morgan fingerprint density at radius 1 is 2.00 bits per heavy atom. The predicted molar refractivity (Wildman–Crippen MR) is 23.7 cm³/mol. The highest BCUT2D eigenvalue weighted by atomic mass is 16.1. The molecule has 2 nitrogen and oxygen atoms in total. The van der Waals surface area contributed by atoms with Crippen molar-refractivity contribution in [3.8, 4) is 0 Å². The second-order valence-corrected chi connectivity index (χ2v) is 1.30. The van der Waals surface area contributed by atoms with E-state index < -0.39 is 0 Å². The fourth-order valence-corrected chi connectivity index (χ4v) is 0. The van der Waals surface area contributed by atoms with Gasteiger partial charge in [0.15, 0.2) is 0 Å². The summed E-state index contributed by atoms with van der Waals surface area (Å²) in [5.41, 5.74) is 4.73. The summed E-state index contributed by atoms with van der Waals surface area (Å²) in [7, 11) is 0. The van der Waals surface area contributed by atoms with Crippen LogP contribution in [0.1, 0.15) is 6.92 Å². The molecule has 0 aromatic rings. The molecule has 0 saturated heterocycles. The van der Waals surface area contributed by atoms with Gasteiger partial charge in [0, 0.05) is 5.92 Å². The zero-order chi connectivity index (χ0) is 5.15. The number of hydrogen-bond acceptors (Lipinski definition) is 1. The molecule has 0 aliphatic rings. The van der Waals surface area contributed by atoms with Crippen molar-refractivity contribution in [1.29, 1.82) is 0 Å². The molecular weight excluding hydrogens is 78.0 g/mol. The molecule has 1 radical (unpaired) electrons. The summed E-state index contributed by atoms with van der Waals surface area (Å²) in [4.78, 5) is 9.86. The van der Waals surface area contributed by atoms with Crippen LogP contribution in [0.2, 0.25) is 0 Å². The Morgan fingerprint density at radius 2 is 2.17 bits per heavy atom. The summed E-state index contributed by atoms with van der Waals surface area (Å²) in [6.07, 6.45) is 0. The number of amides is 1. The van der Waals surface area contributed by atoms with Crippen molar-refractivity contribution in [3.63, 3.8) is 0 Å². The summed E-state index contributed by atoms with van der Waals surface area (Å²) in [6, 6.07) is 0. The van der Waals surface area contributed by atoms with E-state index >= 15 is 0 Å². The molecule has 0 saturated carbocycles. The van der Waals surface area contributed by atoms with Crippen LogP contribution in [0.4, 0.5) is 0 Å². The molecular formula is C4H8NO. The van der Waals surface area contributed by atoms with Crippen LogP contribution in [0, 0.1) is 12.8 Å². The number of rotatable bonds is 1. The molecule has 35 valence electrons. The van der Waals surface area contributed by atoms with Gasteiger partial charge >= 0.3 is 0 Å². The average molecular weight is 86.1 g/mol. The lowest BCUT2D eigenvalue weighted by Crippen LogP contribution is -2.17. The first-order valence-electron chi connectivity index (χ1n) is 1.77. The summed E-state index contributed by atoms with van der Waals surface area (Å²) >= 11 is 0. The van der Waals surface area contributed by atoms with Crippen molar-refractivity contribution in [2.24, 2.45) is 11.7 Å². The SMILES string of the molecule is [CH2][C@H](C)C(N)=O. The van der Waals surface area contributed by atoms with Crippen molar-refractivity contribution in [2.45, 2.75) is 6.92 Å². The minimum Gasteiger partial charge on any atom is -0.369 e. The van der Waals surface area contributed by atoms with Crippen molar-refractivity contribution >= 4 is 5.91 Å². The third kappa shape index (κ3) is 1.76. The predicted octanol–water partition coefficient (Wildman–Crippen LogP) is -0.0581. The van der Waals surface area contributed by atoms with Crippen molar-refractivity contribution in [1.82, 2.24) is 0 Å². The number of hydrogen-bond donors (Lipinski definition) is 1. The van der Waals surface area contributed by atoms with Gasteiger partial charge in [0.1, 0.15) is 0 Å². The fourth-order valence-electron chi connectivity index (χ4n) is 0. The smallest absolute Gasteiger partial charge is 0.220 e. The van der Waals surface area contributed by atoms with E-state index in [1.165, 1.54) is 0 Å². The summed E-state index contributed by atoms with van der Waals surface area (Å²) in [6.45, 7) is 5.02. The molecule has 0 aromatic heterocycles. The number of nitrogens with two attached hydrogens (primary N) is 1. The molecule has 0 bridgehead atoms. The summed E-state index contributed by atoms with van der Waals surface area (Å²) in [5.74, 6) is -0.611. The van der Waals surface area contributed by atoms with Gasteiger partial charge in [0.05, 0.1) is 0 Å². The highest BCUT2D eigenvalue weighted by Crippen LogP contribution is 1.83. The lowest BCUT2D eigenvalue weighted by molar-refractivity contribution is -0.120. The minimum absolute atomic E-state index is 0.259. The molecule has 0 rings (SSSR count). The minimum atomic E-state index is -0.352. The molecule has 2 N–H and O–H groups in total. The van der Waals surface area contributed by atoms with E-state index in [4.69, 9.17) is 5.73 Å². The second-order valence-electron chi connectivity index (χ2n) is 1.30. The van der Waals surface area contributed by atoms with Gasteiger partial charge in [-0.15, -0.1) is 0 Å². The lowest BCUT2D eigenvalue weighted by atomic mass is 10.2. The highest BCUT2D eigenvalue weighted by molar-refractivity contribution is 5.76. The van der Waals surface area contributed by atoms with E-state index in [0.717, 1.165) is 0 Å². The van der Waals surface area contributed by atoms with Crippen LogP contribution in [0.25, 0.3) is 0 Å². The molecule has 0 aliphatic carbocycles. The molecule has 0 aromatic carbocycles. The largest absolute Gasteiger partial charge is 0.369 e. The Morgan fingerprint density at radius 3 is 2.17 bits per heavy atom. The van der Waals surface area contributed by atoms with Gasteiger partial charge in [-0.25, -0.2) is 0 Å². The molecule has 1 atom stereocenters. The molecule has 0 aliphatic heterocycles. The topological polar surface area (TPSA) is 43.1 Å². The van der Waals surface area contributed by atoms with Gasteiger partial charge in [0.2, 0.25) is 5.91 Å². The monoisotopic (exact) mass is 86.1 g/mol. The maximum atomic E-state index is 9.86. The first-order valence-corrected chi connectivity index (χ1v) is 1.77. The van der Waals surface area contributed by atoms with Crippen LogP contribution in [-0.2, 0) is 4.79 Å². The summed E-state index contributed by atoms with van der Waals surface area (Å²) in [5, 5.41) is 0. The van der Waals surface area contributed by atoms with E-state index in [1.807, 2.05) is 0 Å². The Kier molecular flexibility index (Phi) is 1.64. The van der Waals surface area contributed by atoms with Gasteiger partial charge in [-0.3, -0.25) is 4.79 Å². The first-order chi connectivity index (χ1) is 2.64. The van der Waals surface area contributed by atoms with E-state index in [2.05, 4.69) is 6.92 Å². The van der Waals surface area contributed by atoms with Gasteiger partial charge in [-0.2, -0.15) is 0 Å². The van der Waals surface area contributed by atoms with Gasteiger partial charge < -0.3 is 5.73 Å². The van der Waals surface area contributed by atoms with Crippen LogP contribution in [0.15, 0.2) is 0 Å². The Balaban J connectivity index is 3.26. The van der Waals surface area contributed by atoms with Crippen LogP contribution < -0.4 is 5.73 Å². The Labute approximate surface area is 37.3 Å². The third-order valence-corrected chi connectivity index (χ3v) is 0.486. The average Bonchev–Trinajstić information content (AvgIpc) is 1.36. The maximum Gasteiger partial charge on any atom is 0.220 e. The van der Waals surface area contributed by atoms with Crippen LogP contribution >= 0.6 is 0 Å². The summed E-state index contributed by atoms with van der Waals surface area (Å²) < 4.78 is 0. The maximum absolute atomic E-state index is 9.86. The van der Waals surface area contributed by atoms with Crippen LogP contribution in [-0.4, -0.2) is 5.91 Å². The van der Waals surface area contributed by atoms with E-state index in [9.17, 15) is 4.79 Å². The molecule has 1 amide bonds. The quantitative estimate of drug-likeness (QED) is 0.477. The van der Waals surface area contributed by atoms with E-state index in [0.29, 0.717) is 0 Å². The lowest BCUT2D eigenvalue weighted by Gasteiger charge is -1.90. The highest BCUT2D eigenvalue weighted by Gasteiger charge is 1.96. The second kappa shape index (κ2) is 1.80. The van der Waals surface area contributed by atoms with Crippen molar-refractivity contribution < 1.29 is 4.79 Å². The van der Waals surface area contributed by atoms with Gasteiger partial charge in [-0.05, 0) is 6.92 Å². The van der Waals surface area contributed by atoms with Crippen molar-refractivity contribution in [3.05, 3.63) is 6.92 Å². The Bertz CT molecular complexity index is 58.6. The molecule has 6 heavy (non-hydrogen) atoms. The number of carbonyl (C=O) groups excluding carboxylic acids is 1. The molecule has 2 heteroatoms. The van der Waals surface area contributed by atoms with E-state index in [1.54, 1.807) is 6.92 Å². The molecule has 0 fully saturated rings. The number of primary amides is 1. The Hall–Kier alpha value is -0.530. The van der Waals surface area contributed by atoms with E-state index in [-0.39, 0.29) is 11.8 Å². The van der Waals surface area contributed by atoms with Crippen LogP contribution in [0.5, 0.6) is 0 Å². The normalized spacial score (nSPS) is 9.17. The van der Waals surface area contributed by atoms with Crippen LogP contribution in [0.3, 0.4) is 0 Å². The third-order valence-electron chi connectivity index (χ3n) is 0.486.